The summed E-state index contributed by atoms with van der Waals surface area (Å²) in [5.74, 6) is -0.556. The van der Waals surface area contributed by atoms with Gasteiger partial charge in [-0.15, -0.1) is 0 Å². The van der Waals surface area contributed by atoms with Gasteiger partial charge in [0.15, 0.2) is 5.03 Å². The normalized spacial score (nSPS) is 11.3. The highest BCUT2D eigenvalue weighted by Crippen LogP contribution is 2.21. The van der Waals surface area contributed by atoms with Crippen LogP contribution in [0.15, 0.2) is 47.6 Å². The molecule has 0 bridgehead atoms. The van der Waals surface area contributed by atoms with E-state index in [-0.39, 0.29) is 10.6 Å². The molecule has 0 radical (unpaired) electrons. The Morgan fingerprint density at radius 2 is 1.36 bits per heavy atom. The number of rotatable bonds is 5. The molecule has 0 aliphatic rings. The van der Waals surface area contributed by atoms with Gasteiger partial charge in [-0.1, -0.05) is 12.1 Å². The van der Waals surface area contributed by atoms with Crippen LogP contribution >= 0.6 is 0 Å². The van der Waals surface area contributed by atoms with E-state index in [1.807, 2.05) is 52.0 Å². The molecule has 0 fully saturated rings. The summed E-state index contributed by atoms with van der Waals surface area (Å²) >= 11 is 0. The minimum Gasteiger partial charge on any atom is -0.322 e. The molecule has 3 rings (SSSR count). The van der Waals surface area contributed by atoms with Crippen molar-refractivity contribution in [3.05, 3.63) is 70.4 Å². The Kier molecular flexibility index (Phi) is 5.24. The summed E-state index contributed by atoms with van der Waals surface area (Å²) in [6.07, 6.45) is 1.20. The van der Waals surface area contributed by atoms with Crippen LogP contribution in [-0.2, 0) is 10.0 Å². The molecule has 3 aromatic rings. The lowest BCUT2D eigenvalue weighted by molar-refractivity contribution is 0.102. The van der Waals surface area contributed by atoms with Crippen LogP contribution in [0.1, 0.15) is 32.6 Å². The summed E-state index contributed by atoms with van der Waals surface area (Å²) in [5, 5.41) is 8.63. The van der Waals surface area contributed by atoms with E-state index in [4.69, 9.17) is 0 Å². The van der Waals surface area contributed by atoms with Crippen molar-refractivity contribution in [1.29, 1.82) is 0 Å². The number of anilines is 2. The Bertz CT molecular complexity index is 1110. The van der Waals surface area contributed by atoms with Gasteiger partial charge >= 0.3 is 0 Å². The van der Waals surface area contributed by atoms with Crippen molar-refractivity contribution in [2.24, 2.45) is 0 Å². The molecule has 0 saturated heterocycles. The molecule has 2 aromatic carbocycles. The van der Waals surface area contributed by atoms with Gasteiger partial charge in [0.2, 0.25) is 0 Å². The lowest BCUT2D eigenvalue weighted by atomic mass is 10.1. The van der Waals surface area contributed by atoms with Crippen LogP contribution in [0.3, 0.4) is 0 Å². The molecule has 1 aromatic heterocycles. The van der Waals surface area contributed by atoms with Gasteiger partial charge in [-0.25, -0.2) is 0 Å². The molecule has 1 amide bonds. The van der Waals surface area contributed by atoms with Crippen LogP contribution in [0.4, 0.5) is 11.4 Å². The van der Waals surface area contributed by atoms with E-state index in [0.717, 1.165) is 22.3 Å². The zero-order chi connectivity index (χ0) is 20.5. The number of nitrogens with one attached hydrogen (secondary N) is 3. The number of amides is 1. The predicted molar refractivity (Wildman–Crippen MR) is 109 cm³/mol. The van der Waals surface area contributed by atoms with Crippen LogP contribution in [0.25, 0.3) is 0 Å². The molecule has 3 N–H and O–H groups in total. The Balaban J connectivity index is 1.88. The molecular weight excluding hydrogens is 376 g/mol. The molecule has 7 nitrogen and oxygen atoms in total. The quantitative estimate of drug-likeness (QED) is 0.609. The van der Waals surface area contributed by atoms with Crippen molar-refractivity contribution in [3.63, 3.8) is 0 Å². The van der Waals surface area contributed by atoms with E-state index >= 15 is 0 Å². The van der Waals surface area contributed by atoms with Crippen LogP contribution in [0.5, 0.6) is 0 Å². The van der Waals surface area contributed by atoms with Gasteiger partial charge in [0.25, 0.3) is 15.9 Å². The van der Waals surface area contributed by atoms with Crippen molar-refractivity contribution in [3.8, 4) is 0 Å². The average molecular weight is 398 g/mol. The molecule has 146 valence electrons. The SMILES string of the molecule is Cc1cc(C)cc(NC(=O)c2cn[nH]c2S(=O)(=O)Nc2cc(C)cc(C)c2)c1. The smallest absolute Gasteiger partial charge is 0.279 e. The number of H-pyrrole nitrogens is 1. The van der Waals surface area contributed by atoms with E-state index in [1.54, 1.807) is 12.1 Å². The van der Waals surface area contributed by atoms with Gasteiger partial charge in [-0.05, 0) is 74.2 Å². The van der Waals surface area contributed by atoms with E-state index in [2.05, 4.69) is 20.2 Å². The molecule has 0 unspecified atom stereocenters. The maximum Gasteiger partial charge on any atom is 0.279 e. The number of aromatic amines is 1. The number of carbonyl (C=O) groups excluding carboxylic acids is 1. The first kappa shape index (κ1) is 19.6. The summed E-state index contributed by atoms with van der Waals surface area (Å²) in [6, 6.07) is 11.0. The third-order valence-corrected chi connectivity index (χ3v) is 5.42. The molecular formula is C20H22N4O3S. The fourth-order valence-corrected chi connectivity index (χ4v) is 4.26. The summed E-state index contributed by atoms with van der Waals surface area (Å²) in [7, 11) is -4.02. The van der Waals surface area contributed by atoms with Gasteiger partial charge < -0.3 is 5.32 Å². The Morgan fingerprint density at radius 1 is 0.857 bits per heavy atom. The van der Waals surface area contributed by atoms with Gasteiger partial charge in [-0.3, -0.25) is 14.6 Å². The number of sulfonamides is 1. The zero-order valence-electron chi connectivity index (χ0n) is 16.1. The maximum absolute atomic E-state index is 12.8. The van der Waals surface area contributed by atoms with Crippen LogP contribution < -0.4 is 10.0 Å². The average Bonchev–Trinajstić information content (AvgIpc) is 3.02. The number of benzene rings is 2. The zero-order valence-corrected chi connectivity index (χ0v) is 16.9. The number of hydrogen-bond donors (Lipinski definition) is 3. The fourth-order valence-electron chi connectivity index (χ4n) is 3.13. The third kappa shape index (κ3) is 4.40. The highest BCUT2D eigenvalue weighted by Gasteiger charge is 2.25. The number of aryl methyl sites for hydroxylation is 4. The van der Waals surface area contributed by atoms with Gasteiger partial charge in [0, 0.05) is 11.4 Å². The monoisotopic (exact) mass is 398 g/mol. The molecule has 28 heavy (non-hydrogen) atoms. The largest absolute Gasteiger partial charge is 0.322 e. The maximum atomic E-state index is 12.8. The number of carbonyl (C=O) groups is 1. The summed E-state index contributed by atoms with van der Waals surface area (Å²) < 4.78 is 28.1. The summed E-state index contributed by atoms with van der Waals surface area (Å²) in [4.78, 5) is 12.7. The lowest BCUT2D eigenvalue weighted by Gasteiger charge is -2.11. The van der Waals surface area contributed by atoms with Crippen molar-refractivity contribution in [1.82, 2.24) is 10.2 Å². The third-order valence-electron chi connectivity index (χ3n) is 4.07. The van der Waals surface area contributed by atoms with E-state index in [9.17, 15) is 13.2 Å². The van der Waals surface area contributed by atoms with Crippen LogP contribution in [0.2, 0.25) is 0 Å². The molecule has 0 aliphatic carbocycles. The van der Waals surface area contributed by atoms with Crippen LogP contribution in [-0.4, -0.2) is 24.5 Å². The molecule has 8 heteroatoms. The topological polar surface area (TPSA) is 104 Å². The first-order chi connectivity index (χ1) is 13.1. The second-order valence-corrected chi connectivity index (χ2v) is 8.54. The first-order valence-corrected chi connectivity index (χ1v) is 10.2. The van der Waals surface area contributed by atoms with E-state index < -0.39 is 15.9 Å². The second-order valence-electron chi connectivity index (χ2n) is 6.93. The Hall–Kier alpha value is -3.13. The van der Waals surface area contributed by atoms with E-state index in [1.165, 1.54) is 6.20 Å². The molecule has 0 saturated carbocycles. The molecule has 0 atom stereocenters. The minimum atomic E-state index is -4.02. The molecule has 0 aliphatic heterocycles. The highest BCUT2D eigenvalue weighted by molar-refractivity contribution is 7.92. The highest BCUT2D eigenvalue weighted by atomic mass is 32.2. The van der Waals surface area contributed by atoms with Gasteiger partial charge in [0.05, 0.1) is 11.8 Å². The van der Waals surface area contributed by atoms with E-state index in [0.29, 0.717) is 11.4 Å². The van der Waals surface area contributed by atoms with Gasteiger partial charge in [-0.2, -0.15) is 13.5 Å². The lowest BCUT2D eigenvalue weighted by Crippen LogP contribution is -2.20. The number of nitrogens with zero attached hydrogens (tertiary/aromatic N) is 1. The molecule has 0 spiro atoms. The summed E-state index contributed by atoms with van der Waals surface area (Å²) in [6.45, 7) is 7.60. The second kappa shape index (κ2) is 7.47. The van der Waals surface area contributed by atoms with Crippen molar-refractivity contribution < 1.29 is 13.2 Å². The predicted octanol–water partition coefficient (Wildman–Crippen LogP) is 3.70. The fraction of sp³-hybridized carbons (Fsp3) is 0.200. The summed E-state index contributed by atoms with van der Waals surface area (Å²) in [5.41, 5.74) is 4.79. The number of aromatic nitrogens is 2. The van der Waals surface area contributed by atoms with Crippen LogP contribution in [0, 0.1) is 27.7 Å². The minimum absolute atomic E-state index is 0.0592. The van der Waals surface area contributed by atoms with Crippen molar-refractivity contribution >= 4 is 27.3 Å². The van der Waals surface area contributed by atoms with Crippen molar-refractivity contribution in [2.45, 2.75) is 32.7 Å². The molecule has 1 heterocycles. The first-order valence-electron chi connectivity index (χ1n) is 8.68. The Morgan fingerprint density at radius 3 is 1.89 bits per heavy atom. The van der Waals surface area contributed by atoms with Gasteiger partial charge in [0.1, 0.15) is 0 Å². The standard InChI is InChI=1S/C20H22N4O3S/c1-12-5-13(2)8-16(7-12)22-19(25)18-11-21-23-20(18)28(26,27)24-17-9-14(3)6-15(4)10-17/h5-11,24H,1-4H3,(H,21,23)(H,22,25). The Labute approximate surface area is 164 Å². The number of hydrogen-bond acceptors (Lipinski definition) is 4. The van der Waals surface area contributed by atoms with Crippen molar-refractivity contribution in [2.75, 3.05) is 10.0 Å².